The van der Waals surface area contributed by atoms with Crippen LogP contribution in [0, 0.1) is 6.92 Å². The minimum Gasteiger partial charge on any atom is -0.369 e. The molecule has 7 heteroatoms. The zero-order chi connectivity index (χ0) is 18.9. The Morgan fingerprint density at radius 3 is 2.61 bits per heavy atom. The van der Waals surface area contributed by atoms with Crippen LogP contribution in [0.25, 0.3) is 0 Å². The van der Waals surface area contributed by atoms with Gasteiger partial charge in [0.25, 0.3) is 0 Å². The molecule has 1 aromatic carbocycles. The van der Waals surface area contributed by atoms with Crippen molar-refractivity contribution in [2.75, 3.05) is 51.2 Å². The second kappa shape index (κ2) is 12.3. The van der Waals surface area contributed by atoms with Gasteiger partial charge in [-0.15, -0.1) is 35.3 Å². The first-order valence-electron chi connectivity index (χ1n) is 9.75. The average Bonchev–Trinajstić information content (AvgIpc) is 3.21. The van der Waals surface area contributed by atoms with Crippen LogP contribution < -0.4 is 15.5 Å². The third-order valence-electron chi connectivity index (χ3n) is 4.92. The SMILES string of the molecule is CN=C(NCCCN1CCN(c2cccc(C)c2)CC1)NCc1cccs1.I. The lowest BCUT2D eigenvalue weighted by Gasteiger charge is -2.36. The number of halogens is 1. The average molecular weight is 513 g/mol. The highest BCUT2D eigenvalue weighted by molar-refractivity contribution is 14.0. The van der Waals surface area contributed by atoms with Crippen LogP contribution in [0.4, 0.5) is 5.69 Å². The molecule has 1 aliphatic rings. The van der Waals surface area contributed by atoms with E-state index in [-0.39, 0.29) is 24.0 Å². The fourth-order valence-electron chi connectivity index (χ4n) is 3.37. The lowest BCUT2D eigenvalue weighted by molar-refractivity contribution is 0.255. The molecule has 2 heterocycles. The molecule has 1 aromatic heterocycles. The van der Waals surface area contributed by atoms with Crippen molar-refractivity contribution in [3.8, 4) is 0 Å². The monoisotopic (exact) mass is 513 g/mol. The highest BCUT2D eigenvalue weighted by atomic mass is 127. The number of aryl methyl sites for hydroxylation is 1. The summed E-state index contributed by atoms with van der Waals surface area (Å²) >= 11 is 1.77. The van der Waals surface area contributed by atoms with Crippen molar-refractivity contribution in [3.05, 3.63) is 52.2 Å². The Balaban J connectivity index is 0.00000280. The molecule has 0 amide bonds. The highest BCUT2D eigenvalue weighted by Crippen LogP contribution is 2.17. The van der Waals surface area contributed by atoms with Crippen molar-refractivity contribution in [1.82, 2.24) is 15.5 Å². The highest BCUT2D eigenvalue weighted by Gasteiger charge is 2.16. The van der Waals surface area contributed by atoms with Gasteiger partial charge in [-0.3, -0.25) is 9.89 Å². The zero-order valence-electron chi connectivity index (χ0n) is 16.9. The number of guanidine groups is 1. The van der Waals surface area contributed by atoms with E-state index in [0.717, 1.165) is 58.2 Å². The molecule has 0 saturated carbocycles. The molecule has 1 fully saturated rings. The summed E-state index contributed by atoms with van der Waals surface area (Å²) < 4.78 is 0. The maximum Gasteiger partial charge on any atom is 0.191 e. The molecule has 2 N–H and O–H groups in total. The topological polar surface area (TPSA) is 42.9 Å². The number of thiophene rings is 1. The molecule has 1 saturated heterocycles. The second-order valence-corrected chi connectivity index (χ2v) is 7.99. The molecule has 28 heavy (non-hydrogen) atoms. The summed E-state index contributed by atoms with van der Waals surface area (Å²) in [7, 11) is 1.83. The number of nitrogens with zero attached hydrogens (tertiary/aromatic N) is 3. The predicted molar refractivity (Wildman–Crippen MR) is 132 cm³/mol. The van der Waals surface area contributed by atoms with Crippen molar-refractivity contribution in [2.45, 2.75) is 19.9 Å². The fraction of sp³-hybridized carbons (Fsp3) is 0.476. The van der Waals surface area contributed by atoms with Gasteiger partial charge in [0.15, 0.2) is 5.96 Å². The van der Waals surface area contributed by atoms with Crippen molar-refractivity contribution < 1.29 is 0 Å². The maximum absolute atomic E-state index is 4.30. The van der Waals surface area contributed by atoms with Crippen LogP contribution in [-0.4, -0.2) is 57.2 Å². The van der Waals surface area contributed by atoms with Crippen LogP contribution in [0.2, 0.25) is 0 Å². The van der Waals surface area contributed by atoms with Crippen LogP contribution in [0.3, 0.4) is 0 Å². The van der Waals surface area contributed by atoms with E-state index in [9.17, 15) is 0 Å². The van der Waals surface area contributed by atoms with Crippen molar-refractivity contribution in [1.29, 1.82) is 0 Å². The van der Waals surface area contributed by atoms with Crippen molar-refractivity contribution >= 4 is 47.0 Å². The Kier molecular flexibility index (Phi) is 10.1. The van der Waals surface area contributed by atoms with Gasteiger partial charge in [-0.2, -0.15) is 0 Å². The van der Waals surface area contributed by atoms with E-state index >= 15 is 0 Å². The molecular formula is C21H32IN5S. The molecular weight excluding hydrogens is 481 g/mol. The molecule has 2 aromatic rings. The van der Waals surface area contributed by atoms with Gasteiger partial charge < -0.3 is 15.5 Å². The number of nitrogens with one attached hydrogen (secondary N) is 2. The first kappa shape index (κ1) is 23.0. The fourth-order valence-corrected chi connectivity index (χ4v) is 4.01. The third kappa shape index (κ3) is 7.25. The van der Waals surface area contributed by atoms with Gasteiger partial charge in [0, 0.05) is 50.3 Å². The molecule has 0 atom stereocenters. The van der Waals surface area contributed by atoms with Crippen LogP contribution in [0.1, 0.15) is 16.9 Å². The predicted octanol–water partition coefficient (Wildman–Crippen LogP) is 3.55. The Morgan fingerprint density at radius 1 is 1.11 bits per heavy atom. The normalized spacial score (nSPS) is 15.2. The van der Waals surface area contributed by atoms with E-state index < -0.39 is 0 Å². The molecule has 0 bridgehead atoms. The van der Waals surface area contributed by atoms with Gasteiger partial charge in [0.05, 0.1) is 6.54 Å². The van der Waals surface area contributed by atoms with Gasteiger partial charge in [-0.1, -0.05) is 18.2 Å². The molecule has 3 rings (SSSR count). The Labute approximate surface area is 190 Å². The smallest absolute Gasteiger partial charge is 0.191 e. The van der Waals surface area contributed by atoms with Crippen LogP contribution in [-0.2, 0) is 6.54 Å². The number of aliphatic imine (C=N–C) groups is 1. The number of hydrogen-bond donors (Lipinski definition) is 2. The number of benzene rings is 1. The molecule has 1 aliphatic heterocycles. The maximum atomic E-state index is 4.30. The molecule has 0 radical (unpaired) electrons. The van der Waals surface area contributed by atoms with Crippen LogP contribution in [0.15, 0.2) is 46.8 Å². The first-order chi connectivity index (χ1) is 13.2. The Bertz CT molecular complexity index is 711. The lowest BCUT2D eigenvalue weighted by Crippen LogP contribution is -2.47. The summed E-state index contributed by atoms with van der Waals surface area (Å²) in [5, 5.41) is 8.89. The van der Waals surface area contributed by atoms with E-state index in [1.165, 1.54) is 16.1 Å². The third-order valence-corrected chi connectivity index (χ3v) is 5.79. The van der Waals surface area contributed by atoms with E-state index in [1.807, 2.05) is 7.05 Å². The number of anilines is 1. The summed E-state index contributed by atoms with van der Waals surface area (Å²) in [6.45, 7) is 9.58. The number of hydrogen-bond acceptors (Lipinski definition) is 4. The molecule has 5 nitrogen and oxygen atoms in total. The Hall–Kier alpha value is -1.32. The van der Waals surface area contributed by atoms with Gasteiger partial charge in [0.1, 0.15) is 0 Å². The standard InChI is InChI=1S/C21H31N5S.HI/c1-18-6-3-7-19(16-18)26-13-11-25(12-14-26)10-5-9-23-21(22-2)24-17-20-8-4-15-27-20;/h3-4,6-8,15-16H,5,9-14,17H2,1-2H3,(H2,22,23,24);1H. The van der Waals surface area contributed by atoms with Gasteiger partial charge in [-0.25, -0.2) is 0 Å². The second-order valence-electron chi connectivity index (χ2n) is 6.95. The molecule has 0 unspecified atom stereocenters. The van der Waals surface area contributed by atoms with E-state index in [4.69, 9.17) is 0 Å². The van der Waals surface area contributed by atoms with Gasteiger partial charge in [0.2, 0.25) is 0 Å². The van der Waals surface area contributed by atoms with Gasteiger partial charge >= 0.3 is 0 Å². The zero-order valence-corrected chi connectivity index (χ0v) is 20.0. The molecule has 0 aliphatic carbocycles. The summed E-state index contributed by atoms with van der Waals surface area (Å²) in [4.78, 5) is 10.7. The minimum absolute atomic E-state index is 0. The van der Waals surface area contributed by atoms with Crippen LogP contribution in [0.5, 0.6) is 0 Å². The van der Waals surface area contributed by atoms with Crippen LogP contribution >= 0.6 is 35.3 Å². The van der Waals surface area contributed by atoms with E-state index in [2.05, 4.69) is 74.1 Å². The summed E-state index contributed by atoms with van der Waals surface area (Å²) in [5.41, 5.74) is 2.69. The number of piperazine rings is 1. The summed E-state index contributed by atoms with van der Waals surface area (Å²) in [5.74, 6) is 0.882. The first-order valence-corrected chi connectivity index (χ1v) is 10.6. The summed E-state index contributed by atoms with van der Waals surface area (Å²) in [6.07, 6.45) is 1.13. The Morgan fingerprint density at radius 2 is 1.93 bits per heavy atom. The van der Waals surface area contributed by atoms with Crippen molar-refractivity contribution in [2.24, 2.45) is 4.99 Å². The van der Waals surface area contributed by atoms with E-state index in [1.54, 1.807) is 11.3 Å². The van der Waals surface area contributed by atoms with E-state index in [0.29, 0.717) is 0 Å². The largest absolute Gasteiger partial charge is 0.369 e. The number of rotatable bonds is 7. The molecule has 154 valence electrons. The quantitative estimate of drug-likeness (QED) is 0.257. The lowest BCUT2D eigenvalue weighted by atomic mass is 10.2. The summed E-state index contributed by atoms with van der Waals surface area (Å²) in [6, 6.07) is 13.0. The van der Waals surface area contributed by atoms with Gasteiger partial charge in [-0.05, 0) is 49.0 Å². The van der Waals surface area contributed by atoms with Crippen molar-refractivity contribution in [3.63, 3.8) is 0 Å². The molecule has 0 spiro atoms. The minimum atomic E-state index is 0.